The smallest absolute Gasteiger partial charge is 0.273 e. The maximum absolute atomic E-state index is 11.6. The van der Waals surface area contributed by atoms with Crippen molar-refractivity contribution in [3.8, 4) is 0 Å². The molecular formula is C10H14N2O4. The lowest BCUT2D eigenvalue weighted by molar-refractivity contribution is 0.0263. The van der Waals surface area contributed by atoms with Crippen LogP contribution in [-0.4, -0.2) is 41.5 Å². The van der Waals surface area contributed by atoms with Crippen molar-refractivity contribution in [2.75, 3.05) is 19.8 Å². The van der Waals surface area contributed by atoms with Crippen LogP contribution in [-0.2, 0) is 4.74 Å². The number of amides is 1. The number of carbonyl (C=O) groups is 1. The highest BCUT2D eigenvalue weighted by atomic mass is 16.5. The Morgan fingerprint density at radius 3 is 3.12 bits per heavy atom. The van der Waals surface area contributed by atoms with Crippen LogP contribution >= 0.6 is 0 Å². The molecular weight excluding hydrogens is 212 g/mol. The molecule has 2 N–H and O–H groups in total. The quantitative estimate of drug-likeness (QED) is 0.749. The molecule has 1 aliphatic rings. The average molecular weight is 226 g/mol. The van der Waals surface area contributed by atoms with Gasteiger partial charge >= 0.3 is 0 Å². The molecule has 1 unspecified atom stereocenters. The molecule has 2 heterocycles. The molecule has 1 aliphatic heterocycles. The van der Waals surface area contributed by atoms with Crippen LogP contribution in [0.4, 0.5) is 0 Å². The molecule has 0 radical (unpaired) electrons. The van der Waals surface area contributed by atoms with E-state index in [9.17, 15) is 9.90 Å². The second kappa shape index (κ2) is 4.23. The minimum Gasteiger partial charge on any atom is -0.386 e. The highest BCUT2D eigenvalue weighted by Gasteiger charge is 2.32. The number of ether oxygens (including phenoxy) is 1. The van der Waals surface area contributed by atoms with Crippen molar-refractivity contribution in [2.45, 2.75) is 18.9 Å². The van der Waals surface area contributed by atoms with Gasteiger partial charge in [0.05, 0.1) is 6.61 Å². The minimum absolute atomic E-state index is 0.164. The number of rotatable bonds is 3. The summed E-state index contributed by atoms with van der Waals surface area (Å²) in [5, 5.41) is 16.1. The number of nitrogens with one attached hydrogen (secondary N) is 1. The van der Waals surface area contributed by atoms with Crippen molar-refractivity contribution >= 4 is 5.91 Å². The van der Waals surface area contributed by atoms with Crippen LogP contribution in [0.15, 0.2) is 10.6 Å². The molecule has 2 rings (SSSR count). The summed E-state index contributed by atoms with van der Waals surface area (Å²) < 4.78 is 9.85. The Balaban J connectivity index is 1.88. The predicted octanol–water partition coefficient (Wildman–Crippen LogP) is -0.136. The minimum atomic E-state index is -0.950. The zero-order chi connectivity index (χ0) is 11.6. The van der Waals surface area contributed by atoms with Crippen LogP contribution in [0.5, 0.6) is 0 Å². The number of carbonyl (C=O) groups excluding carboxylic acids is 1. The summed E-state index contributed by atoms with van der Waals surface area (Å²) in [6, 6.07) is 1.55. The largest absolute Gasteiger partial charge is 0.386 e. The molecule has 0 bridgehead atoms. The lowest BCUT2D eigenvalue weighted by Gasteiger charge is -2.19. The van der Waals surface area contributed by atoms with E-state index in [0.29, 0.717) is 18.8 Å². The Hall–Kier alpha value is -1.40. The predicted molar refractivity (Wildman–Crippen MR) is 54.0 cm³/mol. The normalized spacial score (nSPS) is 24.6. The lowest BCUT2D eigenvalue weighted by atomic mass is 10.0. The van der Waals surface area contributed by atoms with Crippen LogP contribution < -0.4 is 5.32 Å². The molecule has 1 aromatic rings. The lowest BCUT2D eigenvalue weighted by Crippen LogP contribution is -2.43. The zero-order valence-corrected chi connectivity index (χ0v) is 9.02. The number of nitrogens with zero attached hydrogens (tertiary/aromatic N) is 1. The van der Waals surface area contributed by atoms with Crippen molar-refractivity contribution < 1.29 is 19.2 Å². The van der Waals surface area contributed by atoms with Gasteiger partial charge in [-0.15, -0.1) is 0 Å². The van der Waals surface area contributed by atoms with E-state index in [4.69, 9.17) is 9.26 Å². The fourth-order valence-corrected chi connectivity index (χ4v) is 1.54. The fourth-order valence-electron chi connectivity index (χ4n) is 1.54. The molecule has 1 atom stereocenters. The second-order valence-electron chi connectivity index (χ2n) is 4.03. The Labute approximate surface area is 92.6 Å². The second-order valence-corrected chi connectivity index (χ2v) is 4.03. The highest BCUT2D eigenvalue weighted by molar-refractivity contribution is 5.92. The summed E-state index contributed by atoms with van der Waals surface area (Å²) in [6.07, 6.45) is 0.533. The summed E-state index contributed by atoms with van der Waals surface area (Å²) in [4.78, 5) is 11.6. The van der Waals surface area contributed by atoms with Gasteiger partial charge in [0.2, 0.25) is 0 Å². The van der Waals surface area contributed by atoms with E-state index < -0.39 is 5.60 Å². The highest BCUT2D eigenvalue weighted by Crippen LogP contribution is 2.17. The van der Waals surface area contributed by atoms with Gasteiger partial charge in [-0.05, 0) is 6.92 Å². The first-order valence-corrected chi connectivity index (χ1v) is 5.11. The van der Waals surface area contributed by atoms with E-state index in [1.807, 2.05) is 0 Å². The summed E-state index contributed by atoms with van der Waals surface area (Å²) >= 11 is 0. The molecule has 1 amide bonds. The van der Waals surface area contributed by atoms with Gasteiger partial charge in [-0.3, -0.25) is 4.79 Å². The number of aliphatic hydroxyl groups is 1. The Bertz CT molecular complexity index is 382. The molecule has 6 nitrogen and oxygen atoms in total. The van der Waals surface area contributed by atoms with Crippen LogP contribution in [0.1, 0.15) is 22.7 Å². The number of hydrogen-bond donors (Lipinski definition) is 2. The maximum atomic E-state index is 11.6. The topological polar surface area (TPSA) is 84.6 Å². The van der Waals surface area contributed by atoms with Crippen molar-refractivity contribution in [2.24, 2.45) is 0 Å². The Morgan fingerprint density at radius 1 is 1.75 bits per heavy atom. The molecule has 1 saturated heterocycles. The molecule has 0 spiro atoms. The molecule has 0 aromatic carbocycles. The number of hydrogen-bond acceptors (Lipinski definition) is 5. The fraction of sp³-hybridized carbons (Fsp3) is 0.600. The summed E-state index contributed by atoms with van der Waals surface area (Å²) in [7, 11) is 0. The third-order valence-electron chi connectivity index (χ3n) is 2.52. The molecule has 0 aliphatic carbocycles. The first kappa shape index (κ1) is 11.1. The van der Waals surface area contributed by atoms with E-state index in [1.165, 1.54) is 0 Å². The monoisotopic (exact) mass is 226 g/mol. The van der Waals surface area contributed by atoms with E-state index in [0.717, 1.165) is 0 Å². The molecule has 6 heteroatoms. The first-order valence-electron chi connectivity index (χ1n) is 5.11. The summed E-state index contributed by atoms with van der Waals surface area (Å²) in [6.45, 7) is 2.65. The van der Waals surface area contributed by atoms with E-state index in [1.54, 1.807) is 13.0 Å². The van der Waals surface area contributed by atoms with Gasteiger partial charge in [0.15, 0.2) is 5.69 Å². The number of aryl methyl sites for hydroxylation is 1. The van der Waals surface area contributed by atoms with E-state index in [2.05, 4.69) is 10.5 Å². The van der Waals surface area contributed by atoms with Gasteiger partial charge in [0.25, 0.3) is 5.91 Å². The van der Waals surface area contributed by atoms with Gasteiger partial charge in [-0.1, -0.05) is 5.16 Å². The van der Waals surface area contributed by atoms with Crippen LogP contribution in [0, 0.1) is 6.92 Å². The van der Waals surface area contributed by atoms with Crippen molar-refractivity contribution in [3.05, 3.63) is 17.5 Å². The van der Waals surface area contributed by atoms with Crippen molar-refractivity contribution in [1.82, 2.24) is 10.5 Å². The molecule has 1 aromatic heterocycles. The van der Waals surface area contributed by atoms with Crippen LogP contribution in [0.2, 0.25) is 0 Å². The van der Waals surface area contributed by atoms with E-state index >= 15 is 0 Å². The SMILES string of the molecule is Cc1cc(C(=O)NCC2(O)CCOC2)no1. The van der Waals surface area contributed by atoms with Gasteiger partial charge < -0.3 is 19.7 Å². The standard InChI is InChI=1S/C10H14N2O4/c1-7-4-8(12-16-7)9(13)11-5-10(14)2-3-15-6-10/h4,14H,2-3,5-6H2,1H3,(H,11,13). The molecule has 88 valence electrons. The molecule has 1 fully saturated rings. The first-order chi connectivity index (χ1) is 7.59. The van der Waals surface area contributed by atoms with Crippen molar-refractivity contribution in [1.29, 1.82) is 0 Å². The van der Waals surface area contributed by atoms with Crippen LogP contribution in [0.3, 0.4) is 0 Å². The maximum Gasteiger partial charge on any atom is 0.273 e. The van der Waals surface area contributed by atoms with Gasteiger partial charge in [0.1, 0.15) is 11.4 Å². The molecule has 16 heavy (non-hydrogen) atoms. The van der Waals surface area contributed by atoms with Gasteiger partial charge in [0, 0.05) is 25.6 Å². The Morgan fingerprint density at radius 2 is 2.56 bits per heavy atom. The third kappa shape index (κ3) is 2.40. The van der Waals surface area contributed by atoms with Crippen LogP contribution in [0.25, 0.3) is 0 Å². The Kier molecular flexibility index (Phi) is 2.93. The summed E-state index contributed by atoms with van der Waals surface area (Å²) in [5.41, 5.74) is -0.728. The molecule has 0 saturated carbocycles. The zero-order valence-electron chi connectivity index (χ0n) is 9.02. The third-order valence-corrected chi connectivity index (χ3v) is 2.52. The van der Waals surface area contributed by atoms with Gasteiger partial charge in [-0.2, -0.15) is 0 Å². The van der Waals surface area contributed by atoms with Crippen molar-refractivity contribution in [3.63, 3.8) is 0 Å². The van der Waals surface area contributed by atoms with E-state index in [-0.39, 0.29) is 24.8 Å². The average Bonchev–Trinajstić information content (AvgIpc) is 2.85. The summed E-state index contributed by atoms with van der Waals surface area (Å²) in [5.74, 6) is 0.227. The number of aromatic nitrogens is 1. The van der Waals surface area contributed by atoms with Gasteiger partial charge in [-0.25, -0.2) is 0 Å².